The van der Waals surface area contributed by atoms with Crippen LogP contribution >= 0.6 is 0 Å². The van der Waals surface area contributed by atoms with E-state index in [1.54, 1.807) is 6.92 Å². The summed E-state index contributed by atoms with van der Waals surface area (Å²) in [5, 5.41) is 5.06. The third kappa shape index (κ3) is 3.57. The molecule has 1 fully saturated rings. The molecule has 154 valence electrons. The van der Waals surface area contributed by atoms with Crippen LogP contribution in [0, 0.1) is 13.8 Å². The summed E-state index contributed by atoms with van der Waals surface area (Å²) < 4.78 is 0. The molecule has 1 aliphatic heterocycles. The molecule has 0 saturated carbocycles. The molecule has 0 bridgehead atoms. The van der Waals surface area contributed by atoms with E-state index in [0.717, 1.165) is 16.3 Å². The van der Waals surface area contributed by atoms with Crippen LogP contribution in [0.3, 0.4) is 0 Å². The van der Waals surface area contributed by atoms with Gasteiger partial charge in [0.25, 0.3) is 5.91 Å². The van der Waals surface area contributed by atoms with Gasteiger partial charge >= 0.3 is 6.03 Å². The summed E-state index contributed by atoms with van der Waals surface area (Å²) >= 11 is 0. The summed E-state index contributed by atoms with van der Waals surface area (Å²) in [6.07, 6.45) is 0. The van der Waals surface area contributed by atoms with E-state index in [1.807, 2.05) is 54.4 Å². The molecule has 5 nitrogen and oxygen atoms in total. The molecule has 1 N–H and O–H groups in total. The van der Waals surface area contributed by atoms with E-state index in [2.05, 4.69) is 37.4 Å². The van der Waals surface area contributed by atoms with Crippen molar-refractivity contribution in [1.82, 2.24) is 15.1 Å². The van der Waals surface area contributed by atoms with Crippen LogP contribution in [0.15, 0.2) is 60.7 Å². The summed E-state index contributed by atoms with van der Waals surface area (Å²) in [6.45, 7) is 6.83. The van der Waals surface area contributed by atoms with Crippen LogP contribution in [0.4, 0.5) is 4.79 Å². The number of hydrogen-bond acceptors (Lipinski definition) is 3. The molecule has 0 aromatic heterocycles. The highest BCUT2D eigenvalue weighted by atomic mass is 16.2. The molecule has 3 aromatic rings. The Kier molecular flexibility index (Phi) is 5.08. The lowest BCUT2D eigenvalue weighted by molar-refractivity contribution is -0.132. The Labute approximate surface area is 177 Å². The van der Waals surface area contributed by atoms with E-state index in [0.29, 0.717) is 6.54 Å². The van der Waals surface area contributed by atoms with Gasteiger partial charge in [0.2, 0.25) is 0 Å². The van der Waals surface area contributed by atoms with Gasteiger partial charge in [-0.1, -0.05) is 60.2 Å². The van der Waals surface area contributed by atoms with Crippen LogP contribution in [0.2, 0.25) is 0 Å². The fraction of sp³-hybridized carbons (Fsp3) is 0.280. The number of aryl methyl sites for hydroxylation is 2. The second kappa shape index (κ2) is 7.58. The summed E-state index contributed by atoms with van der Waals surface area (Å²) in [4.78, 5) is 29.3. The summed E-state index contributed by atoms with van der Waals surface area (Å²) in [7, 11) is 1.92. The summed E-state index contributed by atoms with van der Waals surface area (Å²) in [5.74, 6) is -0.227. The van der Waals surface area contributed by atoms with Crippen molar-refractivity contribution in [3.63, 3.8) is 0 Å². The van der Waals surface area contributed by atoms with Crippen molar-refractivity contribution in [1.29, 1.82) is 0 Å². The first-order valence-corrected chi connectivity index (χ1v) is 10.2. The van der Waals surface area contributed by atoms with Gasteiger partial charge in [-0.2, -0.15) is 0 Å². The largest absolute Gasteiger partial charge is 0.326 e. The van der Waals surface area contributed by atoms with Crippen LogP contribution in [-0.2, 0) is 16.9 Å². The minimum atomic E-state index is -1.07. The van der Waals surface area contributed by atoms with Crippen LogP contribution in [0.5, 0.6) is 0 Å². The number of carbonyl (C=O) groups excluding carboxylic acids is 2. The highest BCUT2D eigenvalue weighted by molar-refractivity contribution is 6.07. The van der Waals surface area contributed by atoms with E-state index in [9.17, 15) is 9.59 Å². The normalized spacial score (nSPS) is 19.0. The number of nitrogens with zero attached hydrogens (tertiary/aromatic N) is 2. The van der Waals surface area contributed by atoms with Gasteiger partial charge in [-0.15, -0.1) is 0 Å². The van der Waals surface area contributed by atoms with Crippen LogP contribution in [0.25, 0.3) is 10.8 Å². The first-order chi connectivity index (χ1) is 14.3. The number of carbonyl (C=O) groups is 2. The van der Waals surface area contributed by atoms with E-state index >= 15 is 0 Å². The molecular weight excluding hydrogens is 374 g/mol. The van der Waals surface area contributed by atoms with Crippen molar-refractivity contribution in [2.75, 3.05) is 13.7 Å². The quantitative estimate of drug-likeness (QED) is 0.648. The fourth-order valence-corrected chi connectivity index (χ4v) is 4.13. The molecule has 1 aliphatic rings. The highest BCUT2D eigenvalue weighted by Gasteiger charge is 2.49. The average molecular weight is 402 g/mol. The Morgan fingerprint density at radius 3 is 2.43 bits per heavy atom. The first kappa shape index (κ1) is 20.1. The van der Waals surface area contributed by atoms with Gasteiger partial charge in [0.15, 0.2) is 0 Å². The number of hydrogen-bond donors (Lipinski definition) is 1. The third-order valence-electron chi connectivity index (χ3n) is 5.92. The maximum atomic E-state index is 13.3. The molecule has 5 heteroatoms. The number of benzene rings is 3. The lowest BCUT2D eigenvalue weighted by atomic mass is 9.90. The molecule has 1 heterocycles. The maximum Gasteiger partial charge on any atom is 0.326 e. The number of imide groups is 1. The van der Waals surface area contributed by atoms with Gasteiger partial charge in [-0.25, -0.2) is 9.69 Å². The van der Waals surface area contributed by atoms with Gasteiger partial charge in [-0.3, -0.25) is 9.69 Å². The molecule has 3 amide bonds. The van der Waals surface area contributed by atoms with Crippen molar-refractivity contribution in [3.05, 3.63) is 82.9 Å². The minimum absolute atomic E-state index is 0.227. The van der Waals surface area contributed by atoms with E-state index in [1.165, 1.54) is 21.6 Å². The molecule has 3 aromatic carbocycles. The second-order valence-electron chi connectivity index (χ2n) is 8.44. The van der Waals surface area contributed by atoms with Gasteiger partial charge in [-0.05, 0) is 61.3 Å². The predicted molar refractivity (Wildman–Crippen MR) is 119 cm³/mol. The Balaban J connectivity index is 1.54. The SMILES string of the molecule is Cc1ccc(CN(C)CN2C(=O)N[C@@](C)(c3ccc4ccccc4c3)C2=O)c(C)c1. The number of rotatable bonds is 5. The minimum Gasteiger partial charge on any atom is -0.319 e. The van der Waals surface area contributed by atoms with Crippen molar-refractivity contribution >= 4 is 22.7 Å². The predicted octanol–water partition coefficient (Wildman–Crippen LogP) is 4.31. The zero-order chi connectivity index (χ0) is 21.5. The van der Waals surface area contributed by atoms with Crippen LogP contribution in [0.1, 0.15) is 29.2 Å². The maximum absolute atomic E-state index is 13.3. The smallest absolute Gasteiger partial charge is 0.319 e. The molecule has 0 radical (unpaired) electrons. The molecule has 1 saturated heterocycles. The molecule has 4 rings (SSSR count). The van der Waals surface area contributed by atoms with Gasteiger partial charge in [0, 0.05) is 6.54 Å². The average Bonchev–Trinajstić information content (AvgIpc) is 2.94. The number of urea groups is 1. The van der Waals surface area contributed by atoms with E-state index < -0.39 is 5.54 Å². The zero-order valence-electron chi connectivity index (χ0n) is 17.9. The van der Waals surface area contributed by atoms with Crippen LogP contribution in [-0.4, -0.2) is 35.5 Å². The Morgan fingerprint density at radius 1 is 0.967 bits per heavy atom. The van der Waals surface area contributed by atoms with Crippen molar-refractivity contribution < 1.29 is 9.59 Å². The Morgan fingerprint density at radius 2 is 1.70 bits per heavy atom. The standard InChI is InChI=1S/C25H27N3O2/c1-17-9-10-21(18(2)13-17)15-27(4)16-28-23(29)25(3,26-24(28)30)22-12-11-19-7-5-6-8-20(19)14-22/h5-14H,15-16H2,1-4H3,(H,26,30)/t25-/m0/s1. The third-order valence-corrected chi connectivity index (χ3v) is 5.92. The molecule has 30 heavy (non-hydrogen) atoms. The Bertz CT molecular complexity index is 1140. The summed E-state index contributed by atoms with van der Waals surface area (Å²) in [5.41, 5.74) is 3.34. The van der Waals surface area contributed by atoms with E-state index in [4.69, 9.17) is 0 Å². The van der Waals surface area contributed by atoms with Gasteiger partial charge in [0.05, 0.1) is 6.67 Å². The number of fused-ring (bicyclic) bond motifs is 1. The fourth-order valence-electron chi connectivity index (χ4n) is 4.13. The second-order valence-corrected chi connectivity index (χ2v) is 8.44. The van der Waals surface area contributed by atoms with Crippen molar-refractivity contribution in [2.24, 2.45) is 0 Å². The number of amides is 3. The topological polar surface area (TPSA) is 52.6 Å². The molecule has 0 aliphatic carbocycles. The van der Waals surface area contributed by atoms with Crippen molar-refractivity contribution in [3.8, 4) is 0 Å². The lowest BCUT2D eigenvalue weighted by Gasteiger charge is -2.25. The molecular formula is C25H27N3O2. The summed E-state index contributed by atoms with van der Waals surface area (Å²) in [6, 6.07) is 19.9. The lowest BCUT2D eigenvalue weighted by Crippen LogP contribution is -2.42. The van der Waals surface area contributed by atoms with E-state index in [-0.39, 0.29) is 18.6 Å². The van der Waals surface area contributed by atoms with Gasteiger partial charge in [0.1, 0.15) is 5.54 Å². The molecule has 1 atom stereocenters. The highest BCUT2D eigenvalue weighted by Crippen LogP contribution is 2.31. The van der Waals surface area contributed by atoms with Crippen molar-refractivity contribution in [2.45, 2.75) is 32.9 Å². The Hall–Kier alpha value is -3.18. The zero-order valence-corrected chi connectivity index (χ0v) is 17.9. The number of nitrogens with one attached hydrogen (secondary N) is 1. The first-order valence-electron chi connectivity index (χ1n) is 10.2. The van der Waals surface area contributed by atoms with Crippen LogP contribution < -0.4 is 5.32 Å². The molecule has 0 unspecified atom stereocenters. The monoisotopic (exact) mass is 401 g/mol. The van der Waals surface area contributed by atoms with Gasteiger partial charge < -0.3 is 5.32 Å². The molecule has 0 spiro atoms.